The molecule has 1 unspecified atom stereocenters. The number of nitrogens with one attached hydrogen (secondary N) is 1. The van der Waals surface area contributed by atoms with Gasteiger partial charge in [-0.2, -0.15) is 0 Å². The minimum absolute atomic E-state index is 0.108. The number of rotatable bonds is 15. The highest BCUT2D eigenvalue weighted by Crippen LogP contribution is 2.26. The highest BCUT2D eigenvalue weighted by atomic mass is 19.1. The van der Waals surface area contributed by atoms with Gasteiger partial charge in [0.1, 0.15) is 17.8 Å². The Morgan fingerprint density at radius 1 is 0.917 bits per heavy atom. The van der Waals surface area contributed by atoms with Gasteiger partial charge in [-0.15, -0.1) is 0 Å². The van der Waals surface area contributed by atoms with Gasteiger partial charge in [-0.05, 0) is 73.9 Å². The van der Waals surface area contributed by atoms with Crippen molar-refractivity contribution in [1.29, 1.82) is 0 Å². The number of ether oxygens (including phenoxy) is 1. The van der Waals surface area contributed by atoms with E-state index in [4.69, 9.17) is 4.74 Å². The third kappa shape index (κ3) is 12.9. The van der Waals surface area contributed by atoms with E-state index in [1.54, 1.807) is 5.56 Å². The van der Waals surface area contributed by atoms with Crippen LogP contribution >= 0.6 is 0 Å². The van der Waals surface area contributed by atoms with Crippen LogP contribution in [0.3, 0.4) is 0 Å². The molecule has 1 N–H and O–H groups in total. The summed E-state index contributed by atoms with van der Waals surface area (Å²) in [5, 5.41) is 1.42. The van der Waals surface area contributed by atoms with Crippen molar-refractivity contribution < 1.29 is 22.7 Å². The zero-order valence-electron chi connectivity index (χ0n) is 29.5. The lowest BCUT2D eigenvalue weighted by Crippen LogP contribution is -2.50. The number of H-pyrrole nitrogens is 1. The Kier molecular flexibility index (Phi) is 16.9. The number of fused-ring (bicyclic) bond motifs is 1. The van der Waals surface area contributed by atoms with Crippen LogP contribution in [0, 0.1) is 23.5 Å². The summed E-state index contributed by atoms with van der Waals surface area (Å²) in [4.78, 5) is 17.8. The van der Waals surface area contributed by atoms with E-state index in [0.29, 0.717) is 26.1 Å². The summed E-state index contributed by atoms with van der Waals surface area (Å²) in [5.74, 6) is -0.931. The summed E-state index contributed by atoms with van der Waals surface area (Å²) in [6, 6.07) is 21.5. The Balaban J connectivity index is 0.000000198. The smallest absolute Gasteiger partial charge is 0.168 e. The molecule has 1 aromatic heterocycles. The number of halogens is 3. The number of hydrogen-bond donors (Lipinski definition) is 1. The van der Waals surface area contributed by atoms with Gasteiger partial charge in [-0.1, -0.05) is 96.0 Å². The van der Waals surface area contributed by atoms with E-state index in [9.17, 15) is 18.0 Å². The van der Waals surface area contributed by atoms with Gasteiger partial charge in [0, 0.05) is 47.2 Å². The molecule has 262 valence electrons. The standard InChI is InChI=1S/C16H23N.C14H17F2NO.C11H15FO/c1-4-5-9-16-14(11-12(2)3)13-8-6-7-10-15(13)17-16;1-2-3-4-17-8-11(9-17)14(18)10-5-12(15)7-13(16)6-10;1-2-11(12)9-13-8-10-6-4-3-5-7-10/h6-8,10,12,17H,4-5,9,11H2,1-3H3;5-7,11H,2-4,8-9H2,1H3;3-7,11H,2,8-9H2,1H3. The molecule has 0 amide bonds. The monoisotopic (exact) mass is 664 g/mol. The number of likely N-dealkylation sites (tertiary alicyclic amines) is 1. The van der Waals surface area contributed by atoms with Crippen LogP contribution < -0.4 is 0 Å². The molecule has 2 heterocycles. The fourth-order valence-electron chi connectivity index (χ4n) is 5.69. The topological polar surface area (TPSA) is 45.3 Å². The second kappa shape index (κ2) is 20.8. The molecule has 1 atom stereocenters. The molecular formula is C41H55F3N2O2. The Morgan fingerprint density at radius 2 is 1.56 bits per heavy atom. The second-order valence-electron chi connectivity index (χ2n) is 13.2. The number of benzene rings is 3. The Morgan fingerprint density at radius 3 is 2.19 bits per heavy atom. The van der Waals surface area contributed by atoms with Crippen molar-refractivity contribution in [3.63, 3.8) is 0 Å². The van der Waals surface area contributed by atoms with E-state index < -0.39 is 17.8 Å². The number of aryl methyl sites for hydroxylation is 1. The van der Waals surface area contributed by atoms with Crippen LogP contribution in [-0.4, -0.2) is 48.1 Å². The van der Waals surface area contributed by atoms with Gasteiger partial charge in [0.15, 0.2) is 5.78 Å². The highest BCUT2D eigenvalue weighted by molar-refractivity contribution is 5.98. The van der Waals surface area contributed by atoms with Crippen molar-refractivity contribution in [3.8, 4) is 0 Å². The van der Waals surface area contributed by atoms with E-state index in [1.807, 2.05) is 37.3 Å². The predicted octanol–water partition coefficient (Wildman–Crippen LogP) is 10.5. The van der Waals surface area contributed by atoms with Crippen molar-refractivity contribution >= 4 is 16.7 Å². The van der Waals surface area contributed by atoms with Crippen molar-refractivity contribution in [2.45, 2.75) is 92.3 Å². The average Bonchev–Trinajstić information content (AvgIpc) is 3.39. The van der Waals surface area contributed by atoms with Crippen LogP contribution in [0.1, 0.15) is 93.9 Å². The van der Waals surface area contributed by atoms with Gasteiger partial charge >= 0.3 is 0 Å². The van der Waals surface area contributed by atoms with Crippen LogP contribution in [0.25, 0.3) is 10.9 Å². The number of alkyl halides is 1. The van der Waals surface area contributed by atoms with Gasteiger partial charge < -0.3 is 14.6 Å². The molecule has 0 spiro atoms. The molecule has 48 heavy (non-hydrogen) atoms. The van der Waals surface area contributed by atoms with Crippen LogP contribution in [0.2, 0.25) is 0 Å². The largest absolute Gasteiger partial charge is 0.374 e. The molecule has 4 nitrogen and oxygen atoms in total. The summed E-state index contributed by atoms with van der Waals surface area (Å²) in [6.45, 7) is 13.9. The number of unbranched alkanes of at least 4 members (excludes halogenated alkanes) is 2. The van der Waals surface area contributed by atoms with E-state index in [2.05, 4.69) is 61.8 Å². The molecule has 0 saturated carbocycles. The Hall–Kier alpha value is -3.42. The minimum Gasteiger partial charge on any atom is -0.374 e. The molecule has 1 fully saturated rings. The Bertz CT molecular complexity index is 1480. The summed E-state index contributed by atoms with van der Waals surface area (Å²) in [5.41, 5.74) is 5.54. The maximum Gasteiger partial charge on any atom is 0.168 e. The summed E-state index contributed by atoms with van der Waals surface area (Å²) >= 11 is 0. The molecule has 0 radical (unpaired) electrons. The van der Waals surface area contributed by atoms with Crippen LogP contribution in [0.5, 0.6) is 0 Å². The van der Waals surface area contributed by atoms with E-state index >= 15 is 0 Å². The first kappa shape index (κ1) is 39.0. The van der Waals surface area contributed by atoms with Crippen molar-refractivity contribution in [2.75, 3.05) is 26.2 Å². The number of carbonyl (C=O) groups is 1. The Labute approximate surface area is 286 Å². The normalized spacial score (nSPS) is 13.8. The third-order valence-corrected chi connectivity index (χ3v) is 8.45. The van der Waals surface area contributed by atoms with Gasteiger partial charge in [-0.3, -0.25) is 4.79 Å². The molecule has 0 bridgehead atoms. The highest BCUT2D eigenvalue weighted by Gasteiger charge is 2.32. The molecule has 3 aromatic carbocycles. The number of para-hydroxylation sites is 1. The van der Waals surface area contributed by atoms with E-state index in [0.717, 1.165) is 49.1 Å². The summed E-state index contributed by atoms with van der Waals surface area (Å²) in [7, 11) is 0. The second-order valence-corrected chi connectivity index (χ2v) is 13.2. The van der Waals surface area contributed by atoms with Gasteiger partial charge in [0.25, 0.3) is 0 Å². The minimum atomic E-state index is -0.830. The molecule has 1 aliphatic heterocycles. The number of carbonyl (C=O) groups excluding carboxylic acids is 1. The van der Waals surface area contributed by atoms with E-state index in [-0.39, 0.29) is 23.9 Å². The molecule has 1 saturated heterocycles. The molecule has 5 rings (SSSR count). The number of nitrogens with zero attached hydrogens (tertiary/aromatic N) is 1. The number of aromatic amines is 1. The van der Waals surface area contributed by atoms with Gasteiger partial charge in [0.2, 0.25) is 0 Å². The van der Waals surface area contributed by atoms with Gasteiger partial charge in [-0.25, -0.2) is 13.2 Å². The SMILES string of the molecule is CCC(F)COCc1ccccc1.CCCCN1CC(C(=O)c2cc(F)cc(F)c2)C1.CCCCc1[nH]c2ccccc2c1CC(C)C. The average molecular weight is 665 g/mol. The molecule has 1 aliphatic rings. The summed E-state index contributed by atoms with van der Waals surface area (Å²) in [6.07, 6.45) is 6.85. The number of Topliss-reactive ketones (excluding diaryl/α,β-unsaturated/α-hetero) is 1. The fraction of sp³-hybridized carbons (Fsp3) is 0.488. The lowest BCUT2D eigenvalue weighted by Gasteiger charge is -2.38. The summed E-state index contributed by atoms with van der Waals surface area (Å²) < 4.78 is 43.9. The predicted molar refractivity (Wildman–Crippen MR) is 192 cm³/mol. The van der Waals surface area contributed by atoms with Crippen molar-refractivity contribution in [2.24, 2.45) is 11.8 Å². The first-order valence-electron chi connectivity index (χ1n) is 17.7. The van der Waals surface area contributed by atoms with Crippen LogP contribution in [0.15, 0.2) is 72.8 Å². The lowest BCUT2D eigenvalue weighted by molar-refractivity contribution is 0.0618. The zero-order valence-corrected chi connectivity index (χ0v) is 29.5. The quantitative estimate of drug-likeness (QED) is 0.129. The molecule has 0 aliphatic carbocycles. The zero-order chi connectivity index (χ0) is 34.9. The van der Waals surface area contributed by atoms with Gasteiger partial charge in [0.05, 0.1) is 13.2 Å². The fourth-order valence-corrected chi connectivity index (χ4v) is 5.69. The van der Waals surface area contributed by atoms with Crippen LogP contribution in [0.4, 0.5) is 13.2 Å². The first-order valence-corrected chi connectivity index (χ1v) is 17.7. The van der Waals surface area contributed by atoms with Crippen molar-refractivity contribution in [1.82, 2.24) is 9.88 Å². The molecular weight excluding hydrogens is 609 g/mol. The van der Waals surface area contributed by atoms with Crippen LogP contribution in [-0.2, 0) is 24.2 Å². The molecule has 7 heteroatoms. The maximum atomic E-state index is 13.0. The van der Waals surface area contributed by atoms with Crippen molar-refractivity contribution in [3.05, 3.63) is 107 Å². The third-order valence-electron chi connectivity index (χ3n) is 8.45. The first-order chi connectivity index (χ1) is 23.1. The maximum absolute atomic E-state index is 13.0. The number of aromatic nitrogens is 1. The van der Waals surface area contributed by atoms with E-state index in [1.165, 1.54) is 42.3 Å². The molecule has 4 aromatic rings. The lowest BCUT2D eigenvalue weighted by atomic mass is 9.90. The number of ketones is 1. The number of hydrogen-bond acceptors (Lipinski definition) is 3.